The number of hydrogen-bond acceptors (Lipinski definition) is 4. The van der Waals surface area contributed by atoms with Gasteiger partial charge in [-0.05, 0) is 44.2 Å². The van der Waals surface area contributed by atoms with E-state index in [9.17, 15) is 14.4 Å². The van der Waals surface area contributed by atoms with Crippen LogP contribution in [-0.4, -0.2) is 40.9 Å². The summed E-state index contributed by atoms with van der Waals surface area (Å²) in [6.45, 7) is 4.33. The molecule has 0 bridgehead atoms. The maximum Gasteiger partial charge on any atom is 0.325 e. The van der Waals surface area contributed by atoms with Crippen molar-refractivity contribution in [3.63, 3.8) is 0 Å². The van der Waals surface area contributed by atoms with Gasteiger partial charge in [0, 0.05) is 50.0 Å². The number of aromatic amines is 2. The molecule has 0 saturated carbocycles. The van der Waals surface area contributed by atoms with E-state index in [1.807, 2.05) is 12.1 Å². The Morgan fingerprint density at radius 3 is 2.54 bits per heavy atom. The summed E-state index contributed by atoms with van der Waals surface area (Å²) in [5.74, 6) is -0.0292. The van der Waals surface area contributed by atoms with E-state index in [0.29, 0.717) is 24.2 Å². The topological polar surface area (TPSA) is 89.3 Å². The summed E-state index contributed by atoms with van der Waals surface area (Å²) in [6.07, 6.45) is 4.21. The van der Waals surface area contributed by atoms with Gasteiger partial charge in [-0.1, -0.05) is 18.2 Å². The minimum atomic E-state index is -0.524. The molecule has 1 aliphatic heterocycles. The number of aromatic nitrogens is 2. The average molecular weight is 384 g/mol. The Morgan fingerprint density at radius 1 is 1.11 bits per heavy atom. The van der Waals surface area contributed by atoms with Gasteiger partial charge in [-0.15, -0.1) is 0 Å². The minimum absolute atomic E-state index is 0.0292. The first kappa shape index (κ1) is 19.9. The molecule has 1 saturated heterocycles. The number of carbonyl (C=O) groups excluding carboxylic acids is 1. The van der Waals surface area contributed by atoms with Crippen molar-refractivity contribution in [3.05, 3.63) is 61.9 Å². The largest absolute Gasteiger partial charge is 0.371 e. The van der Waals surface area contributed by atoms with Crippen LogP contribution in [0.15, 0.2) is 33.9 Å². The molecule has 7 nitrogen and oxygen atoms in total. The van der Waals surface area contributed by atoms with Crippen LogP contribution in [0.5, 0.6) is 0 Å². The van der Waals surface area contributed by atoms with Crippen LogP contribution < -0.4 is 16.1 Å². The quantitative estimate of drug-likeness (QED) is 0.797. The van der Waals surface area contributed by atoms with Crippen LogP contribution in [0, 0.1) is 6.92 Å². The summed E-state index contributed by atoms with van der Waals surface area (Å²) in [6, 6.07) is 8.25. The van der Waals surface area contributed by atoms with Gasteiger partial charge in [-0.3, -0.25) is 14.6 Å². The van der Waals surface area contributed by atoms with E-state index < -0.39 is 11.2 Å². The molecule has 0 aliphatic carbocycles. The molecule has 2 heterocycles. The molecular formula is C21H28N4O3. The van der Waals surface area contributed by atoms with Crippen molar-refractivity contribution in [3.8, 4) is 0 Å². The Labute approximate surface area is 164 Å². The van der Waals surface area contributed by atoms with E-state index in [1.165, 1.54) is 24.9 Å². The van der Waals surface area contributed by atoms with E-state index in [0.717, 1.165) is 18.7 Å². The van der Waals surface area contributed by atoms with Gasteiger partial charge in [0.05, 0.1) is 0 Å². The zero-order valence-corrected chi connectivity index (χ0v) is 16.6. The molecule has 1 aliphatic rings. The fourth-order valence-corrected chi connectivity index (χ4v) is 3.78. The van der Waals surface area contributed by atoms with Crippen molar-refractivity contribution >= 4 is 11.6 Å². The lowest BCUT2D eigenvalue weighted by Crippen LogP contribution is -2.32. The number of nitrogens with zero attached hydrogens (tertiary/aromatic N) is 2. The van der Waals surface area contributed by atoms with Crippen LogP contribution in [0.25, 0.3) is 0 Å². The fourth-order valence-electron chi connectivity index (χ4n) is 3.78. The number of rotatable bonds is 6. The molecule has 3 rings (SSSR count). The average Bonchev–Trinajstić information content (AvgIpc) is 2.68. The summed E-state index contributed by atoms with van der Waals surface area (Å²) in [4.78, 5) is 44.8. The molecule has 0 spiro atoms. The SMILES string of the molecule is Cc1[nH]c(=O)[nH]c(=O)c1CCC(=O)N(C)Cc1ccccc1N1CCCCC1. The van der Waals surface area contributed by atoms with E-state index >= 15 is 0 Å². The minimum Gasteiger partial charge on any atom is -0.371 e. The van der Waals surface area contributed by atoms with Crippen molar-refractivity contribution in [1.29, 1.82) is 0 Å². The number of amides is 1. The van der Waals surface area contributed by atoms with Crippen LogP contribution in [0.3, 0.4) is 0 Å². The summed E-state index contributed by atoms with van der Waals surface area (Å²) in [7, 11) is 1.79. The second kappa shape index (κ2) is 8.91. The molecule has 2 N–H and O–H groups in total. The standard InChI is InChI=1S/C21H28N4O3/c1-15-17(20(27)23-21(28)22-15)10-11-19(26)24(2)14-16-8-4-5-9-18(16)25-12-6-3-7-13-25/h4-5,8-9H,3,6-7,10-14H2,1-2H3,(H2,22,23,27,28). The first-order valence-corrected chi connectivity index (χ1v) is 9.84. The first-order valence-electron chi connectivity index (χ1n) is 9.84. The summed E-state index contributed by atoms with van der Waals surface area (Å²) >= 11 is 0. The molecule has 28 heavy (non-hydrogen) atoms. The van der Waals surface area contributed by atoms with Crippen molar-refractivity contribution in [2.24, 2.45) is 0 Å². The highest BCUT2D eigenvalue weighted by atomic mass is 16.2. The van der Waals surface area contributed by atoms with Gasteiger partial charge in [-0.25, -0.2) is 4.79 Å². The van der Waals surface area contributed by atoms with E-state index in [2.05, 4.69) is 27.0 Å². The van der Waals surface area contributed by atoms with E-state index in [1.54, 1.807) is 18.9 Å². The molecule has 0 unspecified atom stereocenters. The molecule has 150 valence electrons. The number of H-pyrrole nitrogens is 2. The molecule has 2 aromatic rings. The molecule has 1 fully saturated rings. The van der Waals surface area contributed by atoms with E-state index in [-0.39, 0.29) is 12.3 Å². The fraction of sp³-hybridized carbons (Fsp3) is 0.476. The Kier molecular flexibility index (Phi) is 6.34. The lowest BCUT2D eigenvalue weighted by Gasteiger charge is -2.31. The third-order valence-corrected chi connectivity index (χ3v) is 5.37. The smallest absolute Gasteiger partial charge is 0.325 e. The number of piperidine rings is 1. The third kappa shape index (κ3) is 4.71. The van der Waals surface area contributed by atoms with Gasteiger partial charge in [0.2, 0.25) is 5.91 Å². The van der Waals surface area contributed by atoms with Crippen molar-refractivity contribution in [2.45, 2.75) is 45.6 Å². The Bertz CT molecular complexity index is 941. The normalized spacial score (nSPS) is 14.1. The van der Waals surface area contributed by atoms with Gasteiger partial charge in [-0.2, -0.15) is 0 Å². The number of nitrogens with one attached hydrogen (secondary N) is 2. The number of para-hydroxylation sites is 1. The van der Waals surface area contributed by atoms with Crippen molar-refractivity contribution in [2.75, 3.05) is 25.0 Å². The van der Waals surface area contributed by atoms with E-state index in [4.69, 9.17) is 0 Å². The Morgan fingerprint density at radius 2 is 1.82 bits per heavy atom. The number of anilines is 1. The van der Waals surface area contributed by atoms with Gasteiger partial charge >= 0.3 is 5.69 Å². The second-order valence-corrected chi connectivity index (χ2v) is 7.44. The van der Waals surface area contributed by atoms with Gasteiger partial charge in [0.15, 0.2) is 0 Å². The lowest BCUT2D eigenvalue weighted by atomic mass is 10.1. The number of hydrogen-bond donors (Lipinski definition) is 2. The zero-order valence-electron chi connectivity index (χ0n) is 16.6. The number of aryl methyl sites for hydroxylation is 1. The van der Waals surface area contributed by atoms with Crippen LogP contribution in [0.1, 0.15) is 42.5 Å². The summed E-state index contributed by atoms with van der Waals surface area (Å²) in [5.41, 5.74) is 2.36. The number of carbonyl (C=O) groups is 1. The van der Waals surface area contributed by atoms with Gasteiger partial charge in [0.25, 0.3) is 5.56 Å². The predicted molar refractivity (Wildman–Crippen MR) is 110 cm³/mol. The predicted octanol–water partition coefficient (Wildman–Crippen LogP) is 1.95. The summed E-state index contributed by atoms with van der Waals surface area (Å²) in [5, 5.41) is 0. The highest BCUT2D eigenvalue weighted by Crippen LogP contribution is 2.25. The second-order valence-electron chi connectivity index (χ2n) is 7.44. The highest BCUT2D eigenvalue weighted by Gasteiger charge is 2.17. The van der Waals surface area contributed by atoms with Crippen molar-refractivity contribution < 1.29 is 4.79 Å². The van der Waals surface area contributed by atoms with Crippen molar-refractivity contribution in [1.82, 2.24) is 14.9 Å². The summed E-state index contributed by atoms with van der Waals surface area (Å²) < 4.78 is 0. The molecule has 0 radical (unpaired) electrons. The molecule has 1 aromatic heterocycles. The van der Waals surface area contributed by atoms with Crippen LogP contribution in [0.4, 0.5) is 5.69 Å². The molecule has 1 amide bonds. The first-order chi connectivity index (χ1) is 13.5. The van der Waals surface area contributed by atoms with Gasteiger partial charge < -0.3 is 14.8 Å². The molecule has 7 heteroatoms. The molecule has 1 aromatic carbocycles. The van der Waals surface area contributed by atoms with Gasteiger partial charge in [0.1, 0.15) is 0 Å². The highest BCUT2D eigenvalue weighted by molar-refractivity contribution is 5.76. The number of benzene rings is 1. The Balaban J connectivity index is 1.65. The maximum absolute atomic E-state index is 12.6. The van der Waals surface area contributed by atoms with Crippen LogP contribution in [0.2, 0.25) is 0 Å². The maximum atomic E-state index is 12.6. The van der Waals surface area contributed by atoms with Crippen LogP contribution >= 0.6 is 0 Å². The Hall–Kier alpha value is -2.83. The zero-order chi connectivity index (χ0) is 20.1. The monoisotopic (exact) mass is 384 g/mol. The molecule has 0 atom stereocenters. The van der Waals surface area contributed by atoms with Crippen LogP contribution in [-0.2, 0) is 17.8 Å². The third-order valence-electron chi connectivity index (χ3n) is 5.37. The molecular weight excluding hydrogens is 356 g/mol. The lowest BCUT2D eigenvalue weighted by molar-refractivity contribution is -0.130.